The molecule has 0 unspecified atom stereocenters. The Bertz CT molecular complexity index is 633. The second kappa shape index (κ2) is 5.49. The van der Waals surface area contributed by atoms with E-state index in [0.29, 0.717) is 32.0 Å². The standard InChI is InChI=1S/C13H7Cl3N2/c14-9-3-4-12(11(16)5-9)18-13-6-10(15)2-1-8(13)7-17/h1-6,18H. The molecule has 0 saturated carbocycles. The number of anilines is 2. The third-order valence-electron chi connectivity index (χ3n) is 2.30. The monoisotopic (exact) mass is 296 g/mol. The summed E-state index contributed by atoms with van der Waals surface area (Å²) in [5.74, 6) is 0. The first kappa shape index (κ1) is 13.0. The smallest absolute Gasteiger partial charge is 0.101 e. The van der Waals surface area contributed by atoms with Crippen LogP contribution in [0.3, 0.4) is 0 Å². The molecule has 0 amide bonds. The summed E-state index contributed by atoms with van der Waals surface area (Å²) in [5.41, 5.74) is 1.76. The zero-order chi connectivity index (χ0) is 13.1. The second-order valence-electron chi connectivity index (χ2n) is 3.55. The fraction of sp³-hybridized carbons (Fsp3) is 0. The molecule has 0 atom stereocenters. The SMILES string of the molecule is N#Cc1ccc(Cl)cc1Nc1ccc(Cl)cc1Cl. The molecule has 1 N–H and O–H groups in total. The highest BCUT2D eigenvalue weighted by atomic mass is 35.5. The Kier molecular flexibility index (Phi) is 3.98. The maximum absolute atomic E-state index is 9.01. The molecule has 2 rings (SSSR count). The highest BCUT2D eigenvalue weighted by Gasteiger charge is 2.06. The molecular formula is C13H7Cl3N2. The zero-order valence-electron chi connectivity index (χ0n) is 9.05. The Hall–Kier alpha value is -1.40. The van der Waals surface area contributed by atoms with Crippen LogP contribution in [0, 0.1) is 11.3 Å². The Balaban J connectivity index is 2.40. The van der Waals surface area contributed by atoms with Crippen molar-refractivity contribution in [3.05, 3.63) is 57.0 Å². The molecule has 5 heteroatoms. The molecule has 0 saturated heterocycles. The fourth-order valence-corrected chi connectivity index (χ4v) is 2.08. The van der Waals surface area contributed by atoms with Gasteiger partial charge in [0.2, 0.25) is 0 Å². The fourth-order valence-electron chi connectivity index (χ4n) is 1.45. The number of nitrogens with one attached hydrogen (secondary N) is 1. The lowest BCUT2D eigenvalue weighted by Crippen LogP contribution is -1.94. The van der Waals surface area contributed by atoms with Gasteiger partial charge < -0.3 is 5.32 Å². The van der Waals surface area contributed by atoms with Gasteiger partial charge in [-0.15, -0.1) is 0 Å². The van der Waals surface area contributed by atoms with Crippen LogP contribution in [0.25, 0.3) is 0 Å². The molecule has 2 aromatic rings. The van der Waals surface area contributed by atoms with Crippen molar-refractivity contribution in [2.75, 3.05) is 5.32 Å². The molecule has 0 aliphatic rings. The molecule has 0 aliphatic heterocycles. The van der Waals surface area contributed by atoms with Gasteiger partial charge in [-0.25, -0.2) is 0 Å². The number of nitrogens with zero attached hydrogens (tertiary/aromatic N) is 1. The molecule has 0 radical (unpaired) electrons. The number of hydrogen-bond donors (Lipinski definition) is 1. The van der Waals surface area contributed by atoms with Crippen molar-refractivity contribution in [2.24, 2.45) is 0 Å². The minimum absolute atomic E-state index is 0.478. The molecule has 0 spiro atoms. The average molecular weight is 298 g/mol. The Morgan fingerprint density at radius 1 is 0.889 bits per heavy atom. The van der Waals surface area contributed by atoms with E-state index in [1.165, 1.54) is 0 Å². The van der Waals surface area contributed by atoms with E-state index in [1.54, 1.807) is 36.4 Å². The molecule has 0 heterocycles. The van der Waals surface area contributed by atoms with E-state index >= 15 is 0 Å². The van der Waals surface area contributed by atoms with Crippen LogP contribution in [0.4, 0.5) is 11.4 Å². The van der Waals surface area contributed by atoms with E-state index in [1.807, 2.05) is 0 Å². The summed E-state index contributed by atoms with van der Waals surface area (Å²) in [6.45, 7) is 0. The van der Waals surface area contributed by atoms with Gasteiger partial charge in [0.05, 0.1) is 22.0 Å². The van der Waals surface area contributed by atoms with Gasteiger partial charge in [-0.1, -0.05) is 34.8 Å². The van der Waals surface area contributed by atoms with Crippen LogP contribution in [0.5, 0.6) is 0 Å². The summed E-state index contributed by atoms with van der Waals surface area (Å²) in [5, 5.41) is 13.6. The average Bonchev–Trinajstić information content (AvgIpc) is 2.33. The number of benzene rings is 2. The normalized spacial score (nSPS) is 9.89. The largest absolute Gasteiger partial charge is 0.353 e. The number of nitriles is 1. The number of halogens is 3. The Labute approximate surface area is 120 Å². The topological polar surface area (TPSA) is 35.8 Å². The van der Waals surface area contributed by atoms with Gasteiger partial charge in [0.25, 0.3) is 0 Å². The summed E-state index contributed by atoms with van der Waals surface area (Å²) in [6, 6.07) is 12.1. The van der Waals surface area contributed by atoms with Crippen molar-refractivity contribution in [3.63, 3.8) is 0 Å². The van der Waals surface area contributed by atoms with Crippen molar-refractivity contribution < 1.29 is 0 Å². The third-order valence-corrected chi connectivity index (χ3v) is 3.09. The Morgan fingerprint density at radius 3 is 2.22 bits per heavy atom. The van der Waals surface area contributed by atoms with Crippen molar-refractivity contribution >= 4 is 46.2 Å². The molecule has 90 valence electrons. The molecular weight excluding hydrogens is 291 g/mol. The van der Waals surface area contributed by atoms with Crippen LogP contribution in [-0.2, 0) is 0 Å². The summed E-state index contributed by atoms with van der Waals surface area (Å²) in [6.07, 6.45) is 0. The Morgan fingerprint density at radius 2 is 1.56 bits per heavy atom. The predicted octanol–water partition coefficient (Wildman–Crippen LogP) is 5.26. The maximum Gasteiger partial charge on any atom is 0.101 e. The van der Waals surface area contributed by atoms with Crippen molar-refractivity contribution in [2.45, 2.75) is 0 Å². The maximum atomic E-state index is 9.01. The molecule has 2 aromatic carbocycles. The van der Waals surface area contributed by atoms with Crippen molar-refractivity contribution in [1.82, 2.24) is 0 Å². The van der Waals surface area contributed by atoms with Crippen LogP contribution in [0.15, 0.2) is 36.4 Å². The number of rotatable bonds is 2. The van der Waals surface area contributed by atoms with E-state index in [9.17, 15) is 0 Å². The van der Waals surface area contributed by atoms with Gasteiger partial charge in [-0.2, -0.15) is 5.26 Å². The zero-order valence-corrected chi connectivity index (χ0v) is 11.3. The predicted molar refractivity (Wildman–Crippen MR) is 75.9 cm³/mol. The van der Waals surface area contributed by atoms with Gasteiger partial charge in [-0.3, -0.25) is 0 Å². The van der Waals surface area contributed by atoms with Gasteiger partial charge >= 0.3 is 0 Å². The van der Waals surface area contributed by atoms with Crippen LogP contribution >= 0.6 is 34.8 Å². The molecule has 18 heavy (non-hydrogen) atoms. The number of hydrogen-bond acceptors (Lipinski definition) is 2. The molecule has 2 nitrogen and oxygen atoms in total. The summed E-state index contributed by atoms with van der Waals surface area (Å²) < 4.78 is 0. The van der Waals surface area contributed by atoms with E-state index in [-0.39, 0.29) is 0 Å². The van der Waals surface area contributed by atoms with E-state index in [2.05, 4.69) is 11.4 Å². The first-order chi connectivity index (χ1) is 8.60. The summed E-state index contributed by atoms with van der Waals surface area (Å²) in [7, 11) is 0. The van der Waals surface area contributed by atoms with Crippen molar-refractivity contribution in [3.8, 4) is 6.07 Å². The highest BCUT2D eigenvalue weighted by molar-refractivity contribution is 6.36. The highest BCUT2D eigenvalue weighted by Crippen LogP contribution is 2.30. The first-order valence-electron chi connectivity index (χ1n) is 5.02. The minimum Gasteiger partial charge on any atom is -0.353 e. The second-order valence-corrected chi connectivity index (χ2v) is 4.83. The first-order valence-corrected chi connectivity index (χ1v) is 6.15. The summed E-state index contributed by atoms with van der Waals surface area (Å²) >= 11 is 17.8. The summed E-state index contributed by atoms with van der Waals surface area (Å²) in [4.78, 5) is 0. The molecule has 0 aliphatic carbocycles. The molecule has 0 bridgehead atoms. The van der Waals surface area contributed by atoms with Crippen LogP contribution in [0.2, 0.25) is 15.1 Å². The van der Waals surface area contributed by atoms with Gasteiger partial charge in [0, 0.05) is 10.0 Å². The molecule has 0 fully saturated rings. The van der Waals surface area contributed by atoms with Crippen LogP contribution in [0.1, 0.15) is 5.56 Å². The lowest BCUT2D eigenvalue weighted by atomic mass is 10.2. The third kappa shape index (κ3) is 2.88. The van der Waals surface area contributed by atoms with Gasteiger partial charge in [0.15, 0.2) is 0 Å². The minimum atomic E-state index is 0.478. The van der Waals surface area contributed by atoms with Crippen LogP contribution < -0.4 is 5.32 Å². The van der Waals surface area contributed by atoms with Crippen molar-refractivity contribution in [1.29, 1.82) is 5.26 Å². The quantitative estimate of drug-likeness (QED) is 0.820. The molecule has 0 aromatic heterocycles. The van der Waals surface area contributed by atoms with E-state index in [4.69, 9.17) is 40.1 Å². The van der Waals surface area contributed by atoms with Gasteiger partial charge in [0.1, 0.15) is 6.07 Å². The van der Waals surface area contributed by atoms with Gasteiger partial charge in [-0.05, 0) is 36.4 Å². The van der Waals surface area contributed by atoms with E-state index in [0.717, 1.165) is 0 Å². The van der Waals surface area contributed by atoms with E-state index < -0.39 is 0 Å². The lowest BCUT2D eigenvalue weighted by Gasteiger charge is -2.10. The van der Waals surface area contributed by atoms with Crippen LogP contribution in [-0.4, -0.2) is 0 Å². The lowest BCUT2D eigenvalue weighted by molar-refractivity contribution is 1.46.